The van der Waals surface area contributed by atoms with E-state index in [1.807, 2.05) is 6.92 Å². The molecular weight excluding hydrogens is 505 g/mol. The zero-order valence-electron chi connectivity index (χ0n) is 24.8. The van der Waals surface area contributed by atoms with Crippen molar-refractivity contribution in [2.75, 3.05) is 33.3 Å². The van der Waals surface area contributed by atoms with E-state index in [4.69, 9.17) is 9.47 Å². The number of aromatic nitrogens is 1. The highest BCUT2D eigenvalue weighted by Gasteiger charge is 2.40. The van der Waals surface area contributed by atoms with Crippen molar-refractivity contribution in [1.29, 1.82) is 0 Å². The van der Waals surface area contributed by atoms with Crippen LogP contribution in [-0.4, -0.2) is 66.2 Å². The van der Waals surface area contributed by atoms with Crippen molar-refractivity contribution >= 4 is 6.47 Å². The summed E-state index contributed by atoms with van der Waals surface area (Å²) < 4.78 is 25.6. The number of hydrogen-bond donors (Lipinski definition) is 0. The molecular formula is C33H46FN3O3. The number of carbonyl (C=O) groups is 1. The molecule has 2 aliphatic carbocycles. The lowest BCUT2D eigenvalue weighted by atomic mass is 9.75. The number of carbonyl (C=O) groups excluding carboxylic acids is 1. The molecule has 0 spiro atoms. The Morgan fingerprint density at radius 1 is 1.10 bits per heavy atom. The molecule has 0 bridgehead atoms. The van der Waals surface area contributed by atoms with Crippen molar-refractivity contribution in [2.24, 2.45) is 5.41 Å². The fourth-order valence-electron chi connectivity index (χ4n) is 6.73. The van der Waals surface area contributed by atoms with Gasteiger partial charge in [0.1, 0.15) is 17.2 Å². The first-order valence-electron chi connectivity index (χ1n) is 15.2. The van der Waals surface area contributed by atoms with Gasteiger partial charge in [-0.1, -0.05) is 13.8 Å². The van der Waals surface area contributed by atoms with Crippen LogP contribution in [0.15, 0.2) is 30.5 Å². The number of rotatable bonds is 11. The number of pyridine rings is 1. The van der Waals surface area contributed by atoms with Crippen LogP contribution < -0.4 is 4.74 Å². The van der Waals surface area contributed by atoms with Crippen LogP contribution in [0.25, 0.3) is 11.3 Å². The number of halogens is 1. The summed E-state index contributed by atoms with van der Waals surface area (Å²) in [6.07, 6.45) is 10.2. The first-order valence-corrected chi connectivity index (χ1v) is 15.2. The van der Waals surface area contributed by atoms with E-state index < -0.39 is 5.60 Å². The minimum Gasteiger partial charge on any atom is -0.494 e. The molecule has 40 heavy (non-hydrogen) atoms. The first kappa shape index (κ1) is 29.0. The summed E-state index contributed by atoms with van der Waals surface area (Å²) in [5.74, 6) is 1.06. The van der Waals surface area contributed by atoms with Crippen molar-refractivity contribution in [3.05, 3.63) is 47.4 Å². The molecule has 2 heterocycles. The highest BCUT2D eigenvalue weighted by atomic mass is 19.1. The number of benzene rings is 1. The number of likely N-dealkylation sites (tertiary alicyclic amines) is 1. The molecule has 218 valence electrons. The van der Waals surface area contributed by atoms with Gasteiger partial charge >= 0.3 is 0 Å². The Balaban J connectivity index is 1.28. The summed E-state index contributed by atoms with van der Waals surface area (Å²) in [6.45, 7) is 11.3. The van der Waals surface area contributed by atoms with Gasteiger partial charge in [0, 0.05) is 56.2 Å². The molecule has 2 aromatic rings. The van der Waals surface area contributed by atoms with E-state index >= 15 is 0 Å². The predicted molar refractivity (Wildman–Crippen MR) is 156 cm³/mol. The van der Waals surface area contributed by atoms with Gasteiger partial charge in [0.15, 0.2) is 0 Å². The van der Waals surface area contributed by atoms with Gasteiger partial charge in [-0.25, -0.2) is 4.39 Å². The molecule has 2 saturated carbocycles. The Hall–Kier alpha value is -2.51. The number of piperidine rings is 1. The highest BCUT2D eigenvalue weighted by Crippen LogP contribution is 2.46. The molecule has 3 aliphatic rings. The SMILES string of the molecule is CCOc1cc(-c2ccc(F)cn2)c(C2CC2)cc1CN1CCC(CN(C)C2CCC(C)(C)CC2)(OC=O)CC1. The second kappa shape index (κ2) is 12.2. The third-order valence-electron chi connectivity index (χ3n) is 9.48. The molecule has 0 atom stereocenters. The number of ether oxygens (including phenoxy) is 2. The maximum Gasteiger partial charge on any atom is 0.293 e. The minimum atomic E-state index is -0.431. The Labute approximate surface area is 239 Å². The van der Waals surface area contributed by atoms with E-state index in [1.54, 1.807) is 6.07 Å². The second-order valence-corrected chi connectivity index (χ2v) is 13.1. The number of nitrogens with zero attached hydrogens (tertiary/aromatic N) is 3. The Morgan fingerprint density at radius 3 is 2.42 bits per heavy atom. The van der Waals surface area contributed by atoms with Crippen molar-refractivity contribution in [3.8, 4) is 17.0 Å². The Kier molecular flexibility index (Phi) is 8.81. The van der Waals surface area contributed by atoms with E-state index in [1.165, 1.54) is 61.9 Å². The smallest absolute Gasteiger partial charge is 0.293 e. The molecule has 7 heteroatoms. The predicted octanol–water partition coefficient (Wildman–Crippen LogP) is 6.57. The third-order valence-corrected chi connectivity index (χ3v) is 9.48. The summed E-state index contributed by atoms with van der Waals surface area (Å²) in [5, 5.41) is 0. The van der Waals surface area contributed by atoms with E-state index in [0.29, 0.717) is 30.5 Å². The first-order chi connectivity index (χ1) is 19.2. The summed E-state index contributed by atoms with van der Waals surface area (Å²) in [4.78, 5) is 20.9. The normalized spacial score (nSPS) is 21.4. The Morgan fingerprint density at radius 2 is 1.82 bits per heavy atom. The van der Waals surface area contributed by atoms with Crippen LogP contribution in [0.3, 0.4) is 0 Å². The van der Waals surface area contributed by atoms with Gasteiger partial charge in [0.25, 0.3) is 6.47 Å². The summed E-state index contributed by atoms with van der Waals surface area (Å²) in [5.41, 5.74) is 4.30. The van der Waals surface area contributed by atoms with Crippen LogP contribution in [0, 0.1) is 11.2 Å². The number of likely N-dealkylation sites (N-methyl/N-ethyl adjacent to an activating group) is 1. The van der Waals surface area contributed by atoms with Crippen molar-refractivity contribution in [1.82, 2.24) is 14.8 Å². The van der Waals surface area contributed by atoms with Gasteiger partial charge in [0.2, 0.25) is 0 Å². The fraction of sp³-hybridized carbons (Fsp3) is 0.636. The van der Waals surface area contributed by atoms with Crippen molar-refractivity contribution in [3.63, 3.8) is 0 Å². The zero-order chi connectivity index (χ0) is 28.3. The van der Waals surface area contributed by atoms with Gasteiger partial charge in [0.05, 0.1) is 18.5 Å². The third kappa shape index (κ3) is 6.85. The molecule has 1 aromatic heterocycles. The lowest BCUT2D eigenvalue weighted by Gasteiger charge is -2.45. The fourth-order valence-corrected chi connectivity index (χ4v) is 6.73. The Bertz CT molecular complexity index is 1150. The average molecular weight is 552 g/mol. The zero-order valence-corrected chi connectivity index (χ0v) is 24.8. The lowest BCUT2D eigenvalue weighted by molar-refractivity contribution is -0.152. The van der Waals surface area contributed by atoms with E-state index in [-0.39, 0.29) is 5.82 Å². The van der Waals surface area contributed by atoms with Gasteiger partial charge in [-0.15, -0.1) is 0 Å². The van der Waals surface area contributed by atoms with Crippen LogP contribution in [0.2, 0.25) is 0 Å². The quantitative estimate of drug-likeness (QED) is 0.295. The monoisotopic (exact) mass is 551 g/mol. The van der Waals surface area contributed by atoms with E-state index in [9.17, 15) is 9.18 Å². The topological polar surface area (TPSA) is 54.9 Å². The molecule has 0 unspecified atom stereocenters. The molecule has 5 rings (SSSR count). The summed E-state index contributed by atoms with van der Waals surface area (Å²) in [7, 11) is 2.20. The second-order valence-electron chi connectivity index (χ2n) is 13.1. The van der Waals surface area contributed by atoms with Crippen molar-refractivity contribution in [2.45, 2.75) is 96.2 Å². The molecule has 1 aliphatic heterocycles. The average Bonchev–Trinajstić information content (AvgIpc) is 3.77. The van der Waals surface area contributed by atoms with Gasteiger partial charge < -0.3 is 9.47 Å². The molecule has 3 fully saturated rings. The molecule has 0 N–H and O–H groups in total. The molecule has 1 saturated heterocycles. The van der Waals surface area contributed by atoms with Crippen molar-refractivity contribution < 1.29 is 18.7 Å². The number of hydrogen-bond acceptors (Lipinski definition) is 6. The van der Waals surface area contributed by atoms with E-state index in [2.05, 4.69) is 47.8 Å². The van der Waals surface area contributed by atoms with Crippen LogP contribution >= 0.6 is 0 Å². The summed E-state index contributed by atoms with van der Waals surface area (Å²) in [6, 6.07) is 8.19. The molecule has 1 aromatic carbocycles. The molecule has 6 nitrogen and oxygen atoms in total. The van der Waals surface area contributed by atoms with Gasteiger partial charge in [-0.2, -0.15) is 0 Å². The lowest BCUT2D eigenvalue weighted by Crippen LogP contribution is -2.53. The maximum atomic E-state index is 13.6. The van der Waals surface area contributed by atoms with Crippen LogP contribution in [0.1, 0.15) is 89.2 Å². The van der Waals surface area contributed by atoms with Crippen LogP contribution in [0.5, 0.6) is 5.75 Å². The summed E-state index contributed by atoms with van der Waals surface area (Å²) >= 11 is 0. The standard InChI is InChI=1S/C33H46FN3O3/c1-5-39-31-19-29(30-9-8-26(34)20-35-30)28(24-6-7-24)18-25(31)21-37-16-14-33(15-17-37,40-23-38)22-36(4)27-10-12-32(2,3)13-11-27/h8-9,18-20,23-24,27H,5-7,10-17,21-22H2,1-4H3. The maximum absolute atomic E-state index is 13.6. The highest BCUT2D eigenvalue weighted by molar-refractivity contribution is 5.68. The van der Waals surface area contributed by atoms with Crippen LogP contribution in [0.4, 0.5) is 4.39 Å². The van der Waals surface area contributed by atoms with Crippen LogP contribution in [-0.2, 0) is 16.1 Å². The van der Waals surface area contributed by atoms with Gasteiger partial charge in [-0.3, -0.25) is 19.6 Å². The largest absolute Gasteiger partial charge is 0.494 e. The van der Waals surface area contributed by atoms with E-state index in [0.717, 1.165) is 56.0 Å². The molecule has 0 radical (unpaired) electrons. The minimum absolute atomic E-state index is 0.327. The van der Waals surface area contributed by atoms with Gasteiger partial charge in [-0.05, 0) is 93.7 Å². The molecule has 0 amide bonds.